The Morgan fingerprint density at radius 3 is 2.59 bits per heavy atom. The molecule has 2 rings (SSSR count). The molecule has 2 heterocycles. The van der Waals surface area contributed by atoms with Gasteiger partial charge in [-0.3, -0.25) is 9.59 Å². The van der Waals surface area contributed by atoms with E-state index in [1.807, 2.05) is 20.8 Å². The van der Waals surface area contributed by atoms with Crippen molar-refractivity contribution in [3.8, 4) is 0 Å². The number of piperidine rings is 1. The summed E-state index contributed by atoms with van der Waals surface area (Å²) in [5.41, 5.74) is 2.11. The first-order valence-electron chi connectivity index (χ1n) is 8.24. The first-order chi connectivity index (χ1) is 10.4. The fourth-order valence-corrected chi connectivity index (χ4v) is 2.86. The highest BCUT2D eigenvalue weighted by molar-refractivity contribution is 5.83. The van der Waals surface area contributed by atoms with Crippen LogP contribution in [0.2, 0.25) is 0 Å². The molecule has 2 aliphatic rings. The van der Waals surface area contributed by atoms with Crippen molar-refractivity contribution in [1.82, 2.24) is 10.4 Å². The van der Waals surface area contributed by atoms with Crippen molar-refractivity contribution in [2.75, 3.05) is 19.7 Å². The Morgan fingerprint density at radius 1 is 1.18 bits per heavy atom. The van der Waals surface area contributed by atoms with Crippen LogP contribution in [-0.4, -0.2) is 42.7 Å². The second kappa shape index (κ2) is 7.42. The molecule has 6 nitrogen and oxygen atoms in total. The van der Waals surface area contributed by atoms with E-state index in [-0.39, 0.29) is 24.0 Å². The molecular formula is C16H28N2O4. The number of hydroxylamine groups is 1. The fraction of sp³-hybridized carbons (Fsp3) is 0.875. The Balaban J connectivity index is 1.80. The monoisotopic (exact) mass is 312 g/mol. The number of nitrogens with one attached hydrogen (secondary N) is 1. The van der Waals surface area contributed by atoms with Crippen LogP contribution in [0, 0.1) is 11.3 Å². The SMILES string of the molecule is CC(C)(C)C(=O)N1CCCC(C(=O)NOC2CCCCO2)C1. The van der Waals surface area contributed by atoms with E-state index in [4.69, 9.17) is 9.57 Å². The summed E-state index contributed by atoms with van der Waals surface area (Å²) in [6.07, 6.45) is 4.19. The number of ether oxygens (including phenoxy) is 1. The van der Waals surface area contributed by atoms with E-state index in [9.17, 15) is 9.59 Å². The van der Waals surface area contributed by atoms with Gasteiger partial charge in [-0.25, -0.2) is 10.3 Å². The molecule has 0 saturated carbocycles. The number of hydrogen-bond donors (Lipinski definition) is 1. The summed E-state index contributed by atoms with van der Waals surface area (Å²) in [5, 5.41) is 0. The third-order valence-electron chi connectivity index (χ3n) is 4.15. The van der Waals surface area contributed by atoms with Crippen LogP contribution in [0.15, 0.2) is 0 Å². The molecular weight excluding hydrogens is 284 g/mol. The van der Waals surface area contributed by atoms with E-state index in [1.165, 1.54) is 0 Å². The van der Waals surface area contributed by atoms with E-state index in [2.05, 4.69) is 5.48 Å². The van der Waals surface area contributed by atoms with Crippen molar-refractivity contribution in [2.24, 2.45) is 11.3 Å². The fourth-order valence-electron chi connectivity index (χ4n) is 2.86. The molecule has 0 aromatic heterocycles. The normalized spacial score (nSPS) is 26.6. The molecule has 2 unspecified atom stereocenters. The van der Waals surface area contributed by atoms with Gasteiger partial charge >= 0.3 is 0 Å². The van der Waals surface area contributed by atoms with Crippen LogP contribution < -0.4 is 5.48 Å². The molecule has 126 valence electrons. The molecule has 0 aliphatic carbocycles. The van der Waals surface area contributed by atoms with Crippen molar-refractivity contribution in [3.63, 3.8) is 0 Å². The largest absolute Gasteiger partial charge is 0.350 e. The van der Waals surface area contributed by atoms with Gasteiger partial charge < -0.3 is 9.64 Å². The van der Waals surface area contributed by atoms with Gasteiger partial charge in [-0.15, -0.1) is 0 Å². The summed E-state index contributed by atoms with van der Waals surface area (Å²) in [4.78, 5) is 31.7. The Hall–Kier alpha value is -1.14. The maximum absolute atomic E-state index is 12.3. The third-order valence-corrected chi connectivity index (χ3v) is 4.15. The summed E-state index contributed by atoms with van der Waals surface area (Å²) in [7, 11) is 0. The summed E-state index contributed by atoms with van der Waals surface area (Å²) < 4.78 is 5.42. The van der Waals surface area contributed by atoms with Crippen LogP contribution in [-0.2, 0) is 19.2 Å². The highest BCUT2D eigenvalue weighted by atomic mass is 16.8. The number of likely N-dealkylation sites (tertiary alicyclic amines) is 1. The van der Waals surface area contributed by atoms with Crippen LogP contribution in [0.1, 0.15) is 52.9 Å². The molecule has 22 heavy (non-hydrogen) atoms. The second-order valence-corrected chi connectivity index (χ2v) is 7.22. The molecule has 2 aliphatic heterocycles. The van der Waals surface area contributed by atoms with Gasteiger partial charge in [0.1, 0.15) is 0 Å². The zero-order valence-electron chi connectivity index (χ0n) is 13.9. The number of carbonyl (C=O) groups is 2. The second-order valence-electron chi connectivity index (χ2n) is 7.22. The minimum absolute atomic E-state index is 0.0986. The molecule has 2 fully saturated rings. The van der Waals surface area contributed by atoms with E-state index in [0.717, 1.165) is 38.6 Å². The molecule has 0 aromatic rings. The average Bonchev–Trinajstić information content (AvgIpc) is 2.52. The van der Waals surface area contributed by atoms with Gasteiger partial charge in [0.15, 0.2) is 6.29 Å². The van der Waals surface area contributed by atoms with Crippen molar-refractivity contribution in [3.05, 3.63) is 0 Å². The van der Waals surface area contributed by atoms with Gasteiger partial charge in [-0.1, -0.05) is 20.8 Å². The maximum atomic E-state index is 12.3. The van der Waals surface area contributed by atoms with E-state index < -0.39 is 5.41 Å². The van der Waals surface area contributed by atoms with Gasteiger partial charge in [-0.05, 0) is 25.7 Å². The predicted molar refractivity (Wildman–Crippen MR) is 81.6 cm³/mol. The van der Waals surface area contributed by atoms with Crippen LogP contribution in [0.25, 0.3) is 0 Å². The van der Waals surface area contributed by atoms with Gasteiger partial charge in [0.25, 0.3) is 0 Å². The Kier molecular flexibility index (Phi) is 5.81. The molecule has 2 atom stereocenters. The van der Waals surface area contributed by atoms with Crippen LogP contribution in [0.3, 0.4) is 0 Å². The molecule has 6 heteroatoms. The Labute approximate surface area is 132 Å². The minimum atomic E-state index is -0.412. The molecule has 0 bridgehead atoms. The topological polar surface area (TPSA) is 67.9 Å². The zero-order valence-corrected chi connectivity index (χ0v) is 13.9. The third kappa shape index (κ3) is 4.68. The Morgan fingerprint density at radius 2 is 1.95 bits per heavy atom. The quantitative estimate of drug-likeness (QED) is 0.808. The molecule has 1 N–H and O–H groups in total. The summed E-state index contributed by atoms with van der Waals surface area (Å²) in [5.74, 6) is -0.259. The average molecular weight is 312 g/mol. The molecule has 0 spiro atoms. The van der Waals surface area contributed by atoms with Crippen molar-refractivity contribution in [1.29, 1.82) is 0 Å². The first-order valence-corrected chi connectivity index (χ1v) is 8.24. The van der Waals surface area contributed by atoms with Gasteiger partial charge in [0, 0.05) is 31.5 Å². The standard InChI is InChI=1S/C16H28N2O4/c1-16(2,3)15(20)18-9-6-7-12(11-18)14(19)17-22-13-8-4-5-10-21-13/h12-13H,4-11H2,1-3H3,(H,17,19). The minimum Gasteiger partial charge on any atom is -0.350 e. The van der Waals surface area contributed by atoms with Crippen molar-refractivity contribution < 1.29 is 19.2 Å². The number of hydrogen-bond acceptors (Lipinski definition) is 4. The number of carbonyl (C=O) groups excluding carboxylic acids is 2. The lowest BCUT2D eigenvalue weighted by molar-refractivity contribution is -0.202. The molecule has 0 radical (unpaired) electrons. The maximum Gasteiger partial charge on any atom is 0.248 e. The van der Waals surface area contributed by atoms with Gasteiger partial charge in [0.05, 0.1) is 5.92 Å². The lowest BCUT2D eigenvalue weighted by atomic mass is 9.91. The first kappa shape index (κ1) is 17.2. The predicted octanol–water partition coefficient (Wildman–Crippen LogP) is 1.85. The summed E-state index contributed by atoms with van der Waals surface area (Å²) >= 11 is 0. The molecule has 0 aromatic carbocycles. The highest BCUT2D eigenvalue weighted by Crippen LogP contribution is 2.23. The smallest absolute Gasteiger partial charge is 0.248 e. The van der Waals surface area contributed by atoms with E-state index >= 15 is 0 Å². The molecule has 2 saturated heterocycles. The molecule has 2 amide bonds. The van der Waals surface area contributed by atoms with E-state index in [1.54, 1.807) is 4.90 Å². The Bertz CT molecular complexity index is 399. The highest BCUT2D eigenvalue weighted by Gasteiger charge is 2.33. The lowest BCUT2D eigenvalue weighted by Crippen LogP contribution is -2.49. The van der Waals surface area contributed by atoms with Crippen molar-refractivity contribution >= 4 is 11.8 Å². The number of amides is 2. The van der Waals surface area contributed by atoms with Gasteiger partial charge in [0.2, 0.25) is 11.8 Å². The number of nitrogens with zero attached hydrogens (tertiary/aromatic N) is 1. The van der Waals surface area contributed by atoms with Gasteiger partial charge in [-0.2, -0.15) is 0 Å². The zero-order chi connectivity index (χ0) is 16.2. The summed E-state index contributed by atoms with van der Waals surface area (Å²) in [6.45, 7) is 7.59. The number of rotatable bonds is 3. The lowest BCUT2D eigenvalue weighted by Gasteiger charge is -2.36. The van der Waals surface area contributed by atoms with Crippen LogP contribution in [0.5, 0.6) is 0 Å². The van der Waals surface area contributed by atoms with Crippen molar-refractivity contribution in [2.45, 2.75) is 59.2 Å². The summed E-state index contributed by atoms with van der Waals surface area (Å²) in [6, 6.07) is 0. The van der Waals surface area contributed by atoms with Crippen LogP contribution in [0.4, 0.5) is 0 Å². The van der Waals surface area contributed by atoms with Crippen LogP contribution >= 0.6 is 0 Å². The van der Waals surface area contributed by atoms with E-state index in [0.29, 0.717) is 13.2 Å².